The number of hydrogen-bond acceptors (Lipinski definition) is 7. The van der Waals surface area contributed by atoms with Crippen molar-refractivity contribution in [3.05, 3.63) is 68.4 Å². The molecule has 42 heavy (non-hydrogen) atoms. The smallest absolute Gasteiger partial charge is 0.211 e. The Bertz CT molecular complexity index is 1400. The monoisotopic (exact) mass is 617 g/mol. The number of benzene rings is 1. The van der Waals surface area contributed by atoms with E-state index in [1.54, 1.807) is 7.11 Å². The largest absolute Gasteiger partial charge is 0.393 e. The highest BCUT2D eigenvalue weighted by atomic mass is 32.2. The Morgan fingerprint density at radius 1 is 1.17 bits per heavy atom. The maximum atomic E-state index is 14.0. The van der Waals surface area contributed by atoms with E-state index >= 15 is 0 Å². The maximum absolute atomic E-state index is 14.0. The first-order valence-electron chi connectivity index (χ1n) is 15.0. The van der Waals surface area contributed by atoms with Gasteiger partial charge in [0.1, 0.15) is 0 Å². The van der Waals surface area contributed by atoms with Gasteiger partial charge >= 0.3 is 0 Å². The third kappa shape index (κ3) is 7.25. The molecule has 0 amide bonds. The van der Waals surface area contributed by atoms with Gasteiger partial charge in [0, 0.05) is 42.7 Å². The van der Waals surface area contributed by atoms with Crippen LogP contribution in [0.5, 0.6) is 0 Å². The standard InChI is InChI=1S/C33H47NO6S2/c1-23-8-6-16-32(3)29(15-17-33(32,37)22-34(42(5,38)39)18-7-19-40-4)27-13-11-25(20-26(35)12-9-23)21-28(27)31(36)30-14-10-24(2)41-30/h8,10-11,13-14,21,26,29,35,37H,6-7,9,12,15-20,22H2,1-5H3. The number of carbonyl (C=O) groups excluding carboxylic acids is 1. The van der Waals surface area contributed by atoms with Gasteiger partial charge in [0.15, 0.2) is 0 Å². The summed E-state index contributed by atoms with van der Waals surface area (Å²) in [7, 11) is -1.98. The number of aliphatic hydroxyl groups excluding tert-OH is 1. The highest BCUT2D eigenvalue weighted by Gasteiger charge is 2.57. The summed E-state index contributed by atoms with van der Waals surface area (Å²) >= 11 is 1.47. The molecule has 0 spiro atoms. The van der Waals surface area contributed by atoms with Crippen molar-refractivity contribution < 1.29 is 28.2 Å². The van der Waals surface area contributed by atoms with Crippen molar-refractivity contribution in [2.45, 2.75) is 89.8 Å². The van der Waals surface area contributed by atoms with Crippen LogP contribution < -0.4 is 0 Å². The number of sulfonamides is 1. The molecular formula is C33H47NO6S2. The molecule has 0 aliphatic heterocycles. The number of hydrogen-bond donors (Lipinski definition) is 2. The fraction of sp³-hybridized carbons (Fsp3) is 0.606. The molecule has 7 nitrogen and oxygen atoms in total. The summed E-state index contributed by atoms with van der Waals surface area (Å²) in [4.78, 5) is 15.7. The van der Waals surface area contributed by atoms with E-state index in [1.165, 1.54) is 27.5 Å². The van der Waals surface area contributed by atoms with E-state index in [9.17, 15) is 23.4 Å². The molecule has 3 aliphatic rings. The van der Waals surface area contributed by atoms with Gasteiger partial charge < -0.3 is 14.9 Å². The van der Waals surface area contributed by atoms with Crippen LogP contribution in [0.2, 0.25) is 0 Å². The molecule has 1 aromatic carbocycles. The zero-order chi connectivity index (χ0) is 30.7. The first kappa shape index (κ1) is 33.0. The zero-order valence-corrected chi connectivity index (χ0v) is 27.3. The fourth-order valence-corrected chi connectivity index (χ4v) is 8.66. The maximum Gasteiger partial charge on any atom is 0.211 e. The number of ketones is 1. The quantitative estimate of drug-likeness (QED) is 0.215. The molecule has 1 heterocycles. The van der Waals surface area contributed by atoms with Crippen molar-refractivity contribution in [1.29, 1.82) is 0 Å². The Kier molecular flexibility index (Phi) is 10.5. The molecule has 232 valence electrons. The number of fused-ring (bicyclic) bond motifs is 8. The highest BCUT2D eigenvalue weighted by molar-refractivity contribution is 7.88. The number of ether oxygens (including phenoxy) is 1. The number of allylic oxidation sites excluding steroid dienone is 2. The molecule has 5 rings (SSSR count). The minimum Gasteiger partial charge on any atom is -0.393 e. The lowest BCUT2D eigenvalue weighted by Crippen LogP contribution is -2.53. The fourth-order valence-electron chi connectivity index (χ4n) is 6.93. The molecule has 1 fully saturated rings. The van der Waals surface area contributed by atoms with E-state index in [1.807, 2.05) is 37.3 Å². The number of rotatable bonds is 9. The average molecular weight is 618 g/mol. The van der Waals surface area contributed by atoms with Crippen molar-refractivity contribution in [3.8, 4) is 0 Å². The summed E-state index contributed by atoms with van der Waals surface area (Å²) in [6.07, 6.45) is 7.70. The number of aryl methyl sites for hydroxylation is 1. The third-order valence-electron chi connectivity index (χ3n) is 9.54. The zero-order valence-electron chi connectivity index (χ0n) is 25.7. The lowest BCUT2D eigenvalue weighted by molar-refractivity contribution is -0.0726. The van der Waals surface area contributed by atoms with Gasteiger partial charge in [0.25, 0.3) is 0 Å². The summed E-state index contributed by atoms with van der Waals surface area (Å²) in [5.41, 5.74) is 1.64. The van der Waals surface area contributed by atoms with E-state index in [4.69, 9.17) is 4.74 Å². The van der Waals surface area contributed by atoms with Gasteiger partial charge in [-0.05, 0) is 100 Å². The Balaban J connectivity index is 1.82. The second kappa shape index (κ2) is 13.4. The normalized spacial score (nSPS) is 27.1. The second-order valence-electron chi connectivity index (χ2n) is 12.6. The van der Waals surface area contributed by atoms with Gasteiger partial charge in [0.05, 0.1) is 22.8 Å². The van der Waals surface area contributed by atoms with E-state index < -0.39 is 27.1 Å². The van der Waals surface area contributed by atoms with Crippen LogP contribution in [0.15, 0.2) is 42.0 Å². The van der Waals surface area contributed by atoms with Crippen LogP contribution in [-0.4, -0.2) is 73.5 Å². The van der Waals surface area contributed by atoms with Gasteiger partial charge in [-0.1, -0.05) is 30.7 Å². The Labute approximate surface area is 255 Å². The van der Waals surface area contributed by atoms with Crippen molar-refractivity contribution in [2.75, 3.05) is 33.1 Å². The van der Waals surface area contributed by atoms with Crippen molar-refractivity contribution in [2.24, 2.45) is 5.41 Å². The number of thiophene rings is 1. The van der Waals surface area contributed by atoms with Crippen LogP contribution in [0.1, 0.15) is 96.0 Å². The molecule has 1 saturated carbocycles. The van der Waals surface area contributed by atoms with Gasteiger partial charge in [-0.15, -0.1) is 11.3 Å². The molecule has 9 heteroatoms. The van der Waals surface area contributed by atoms with E-state index in [-0.39, 0.29) is 24.8 Å². The van der Waals surface area contributed by atoms with Crippen LogP contribution in [0.3, 0.4) is 0 Å². The predicted octanol–water partition coefficient (Wildman–Crippen LogP) is 5.62. The van der Waals surface area contributed by atoms with Gasteiger partial charge in [-0.3, -0.25) is 4.79 Å². The van der Waals surface area contributed by atoms with Gasteiger partial charge in [0.2, 0.25) is 15.8 Å². The number of aliphatic hydroxyl groups is 2. The van der Waals surface area contributed by atoms with Crippen LogP contribution in [0, 0.1) is 12.3 Å². The van der Waals surface area contributed by atoms with Crippen LogP contribution in [0.4, 0.5) is 0 Å². The van der Waals surface area contributed by atoms with Crippen molar-refractivity contribution >= 4 is 27.1 Å². The number of nitrogens with zero attached hydrogens (tertiary/aromatic N) is 1. The first-order valence-corrected chi connectivity index (χ1v) is 17.7. The molecule has 4 unspecified atom stereocenters. The molecule has 0 saturated heterocycles. The van der Waals surface area contributed by atoms with E-state index in [2.05, 4.69) is 19.9 Å². The summed E-state index contributed by atoms with van der Waals surface area (Å²) < 4.78 is 32.3. The lowest BCUT2D eigenvalue weighted by Gasteiger charge is -2.45. The minimum absolute atomic E-state index is 0.00290. The molecule has 2 N–H and O–H groups in total. The molecule has 2 aromatic rings. The SMILES string of the molecule is COCCCN(CC1(O)CCC2c3ccc(cc3C(=O)c3ccc(C)s3)CC(O)CCC(C)=CCCC21C)S(C)(=O)=O. The Morgan fingerprint density at radius 2 is 1.93 bits per heavy atom. The van der Waals surface area contributed by atoms with Crippen molar-refractivity contribution in [1.82, 2.24) is 4.31 Å². The average Bonchev–Trinajstić information content (AvgIpc) is 3.46. The molecule has 0 radical (unpaired) electrons. The van der Waals surface area contributed by atoms with Crippen LogP contribution in [-0.2, 0) is 21.2 Å². The predicted molar refractivity (Wildman–Crippen MR) is 169 cm³/mol. The van der Waals surface area contributed by atoms with E-state index in [0.717, 1.165) is 22.4 Å². The summed E-state index contributed by atoms with van der Waals surface area (Å²) in [6, 6.07) is 9.79. The van der Waals surface area contributed by atoms with Gasteiger partial charge in [-0.25, -0.2) is 8.42 Å². The second-order valence-corrected chi connectivity index (χ2v) is 15.9. The van der Waals surface area contributed by atoms with Crippen LogP contribution in [0.25, 0.3) is 0 Å². The lowest BCUT2D eigenvalue weighted by atomic mass is 9.65. The number of methoxy groups -OCH3 is 1. The molecular weight excluding hydrogens is 570 g/mol. The molecule has 4 atom stereocenters. The Morgan fingerprint density at radius 3 is 2.60 bits per heavy atom. The van der Waals surface area contributed by atoms with Crippen molar-refractivity contribution in [3.63, 3.8) is 0 Å². The minimum atomic E-state index is -3.57. The highest BCUT2D eigenvalue weighted by Crippen LogP contribution is 2.59. The van der Waals surface area contributed by atoms with Crippen LogP contribution >= 0.6 is 11.3 Å². The number of carbonyl (C=O) groups is 1. The molecule has 1 aromatic heterocycles. The third-order valence-corrected chi connectivity index (χ3v) is 11.8. The first-order chi connectivity index (χ1) is 19.8. The Hall–Kier alpha value is -1.88. The summed E-state index contributed by atoms with van der Waals surface area (Å²) in [5, 5.41) is 23.3. The van der Waals surface area contributed by atoms with E-state index in [0.29, 0.717) is 62.0 Å². The summed E-state index contributed by atoms with van der Waals surface area (Å²) in [6.45, 7) is 6.85. The summed E-state index contributed by atoms with van der Waals surface area (Å²) in [5.74, 6) is -0.198. The molecule has 2 bridgehead atoms. The van der Waals surface area contributed by atoms with Gasteiger partial charge in [-0.2, -0.15) is 4.31 Å². The molecule has 3 aliphatic carbocycles. The topological polar surface area (TPSA) is 104 Å².